The molecule has 2 aromatic carbocycles. The van der Waals surface area contributed by atoms with Gasteiger partial charge in [-0.2, -0.15) is 0 Å². The number of ether oxygens (including phenoxy) is 1. The molecule has 2 heterocycles. The molecule has 9 heteroatoms. The van der Waals surface area contributed by atoms with Gasteiger partial charge in [0.25, 0.3) is 10.0 Å². The van der Waals surface area contributed by atoms with E-state index in [9.17, 15) is 12.8 Å². The lowest BCUT2D eigenvalue weighted by molar-refractivity contribution is 0.385. The highest BCUT2D eigenvalue weighted by atomic mass is 32.2. The lowest BCUT2D eigenvalue weighted by atomic mass is 10.1. The smallest absolute Gasteiger partial charge is 0.262 e. The Morgan fingerprint density at radius 3 is 2.66 bits per heavy atom. The number of hydrogen-bond acceptors (Lipinski definition) is 6. The van der Waals surface area contributed by atoms with Crippen LogP contribution in [-0.2, 0) is 10.0 Å². The van der Waals surface area contributed by atoms with Crippen molar-refractivity contribution in [3.05, 3.63) is 66.1 Å². The van der Waals surface area contributed by atoms with Gasteiger partial charge >= 0.3 is 0 Å². The Labute approximate surface area is 171 Å². The molecule has 0 radical (unpaired) electrons. The van der Waals surface area contributed by atoms with E-state index in [0.29, 0.717) is 11.3 Å². The summed E-state index contributed by atoms with van der Waals surface area (Å²) in [7, 11) is -2.63. The molecule has 4 aromatic rings. The van der Waals surface area contributed by atoms with Crippen LogP contribution in [0.15, 0.2) is 59.6 Å². The minimum Gasteiger partial charge on any atom is -0.494 e. The summed E-state index contributed by atoms with van der Waals surface area (Å²) in [4.78, 5) is 9.51. The third-order valence-corrected chi connectivity index (χ3v) is 6.71. The molecular formula is C20H16FN3O3S2. The number of benzene rings is 2. The number of nitrogens with one attached hydrogen (secondary N) is 1. The van der Waals surface area contributed by atoms with Gasteiger partial charge in [-0.1, -0.05) is 11.3 Å². The molecule has 0 unspecified atom stereocenters. The van der Waals surface area contributed by atoms with E-state index in [4.69, 9.17) is 4.74 Å². The number of aromatic nitrogens is 2. The molecule has 0 bridgehead atoms. The van der Waals surface area contributed by atoms with Gasteiger partial charge < -0.3 is 4.74 Å². The van der Waals surface area contributed by atoms with Gasteiger partial charge in [-0.15, -0.1) is 0 Å². The second-order valence-electron chi connectivity index (χ2n) is 6.28. The first-order chi connectivity index (χ1) is 13.9. The fourth-order valence-corrected chi connectivity index (χ4v) is 4.87. The number of fused-ring (bicyclic) bond motifs is 1. The first-order valence-electron chi connectivity index (χ1n) is 8.56. The van der Waals surface area contributed by atoms with Crippen molar-refractivity contribution < 1.29 is 17.5 Å². The predicted molar refractivity (Wildman–Crippen MR) is 111 cm³/mol. The monoisotopic (exact) mass is 429 g/mol. The minimum absolute atomic E-state index is 0.0187. The fourth-order valence-electron chi connectivity index (χ4n) is 2.82. The summed E-state index contributed by atoms with van der Waals surface area (Å²) < 4.78 is 46.5. The van der Waals surface area contributed by atoms with E-state index in [1.54, 1.807) is 25.3 Å². The molecule has 0 amide bonds. The predicted octanol–water partition coefficient (Wildman–Crippen LogP) is 4.62. The van der Waals surface area contributed by atoms with Crippen molar-refractivity contribution in [3.8, 4) is 16.3 Å². The zero-order chi connectivity index (χ0) is 20.6. The van der Waals surface area contributed by atoms with Crippen LogP contribution in [0.1, 0.15) is 5.56 Å². The Kier molecular flexibility index (Phi) is 4.93. The molecule has 0 aliphatic heterocycles. The van der Waals surface area contributed by atoms with Crippen LogP contribution in [0.2, 0.25) is 0 Å². The highest BCUT2D eigenvalue weighted by Gasteiger charge is 2.18. The highest BCUT2D eigenvalue weighted by molar-refractivity contribution is 7.92. The van der Waals surface area contributed by atoms with Crippen LogP contribution in [-0.4, -0.2) is 25.5 Å². The first kappa shape index (κ1) is 19.3. The van der Waals surface area contributed by atoms with Crippen LogP contribution in [0.5, 0.6) is 5.75 Å². The molecule has 0 fully saturated rings. The Balaban J connectivity index is 1.63. The molecule has 2 aromatic heterocycles. The summed E-state index contributed by atoms with van der Waals surface area (Å²) in [5.41, 5.74) is 2.80. The first-order valence-corrected chi connectivity index (χ1v) is 10.9. The van der Waals surface area contributed by atoms with Gasteiger partial charge in [0, 0.05) is 11.8 Å². The topological polar surface area (TPSA) is 81.2 Å². The second kappa shape index (κ2) is 7.41. The Hall–Kier alpha value is -3.04. The minimum atomic E-state index is -3.95. The number of hydrogen-bond donors (Lipinski definition) is 1. The maximum Gasteiger partial charge on any atom is 0.262 e. The largest absolute Gasteiger partial charge is 0.494 e. The molecular weight excluding hydrogens is 413 g/mol. The van der Waals surface area contributed by atoms with Crippen LogP contribution in [0.4, 0.5) is 10.1 Å². The second-order valence-corrected chi connectivity index (χ2v) is 8.94. The number of thiazole rings is 1. The fraction of sp³-hybridized carbons (Fsp3) is 0.100. The molecule has 4 rings (SSSR count). The number of pyridine rings is 1. The van der Waals surface area contributed by atoms with Crippen molar-refractivity contribution in [2.45, 2.75) is 11.8 Å². The third-order valence-electron chi connectivity index (χ3n) is 4.32. The zero-order valence-corrected chi connectivity index (χ0v) is 17.1. The molecule has 148 valence electrons. The molecule has 0 spiro atoms. The lowest BCUT2D eigenvalue weighted by Gasteiger charge is -2.12. The number of halogens is 1. The summed E-state index contributed by atoms with van der Waals surface area (Å²) in [5.74, 6) is -0.762. The number of sulfonamides is 1. The molecule has 0 aliphatic carbocycles. The number of methoxy groups -OCH3 is 1. The van der Waals surface area contributed by atoms with Gasteiger partial charge in [0.05, 0.1) is 17.7 Å². The van der Waals surface area contributed by atoms with Crippen molar-refractivity contribution in [2.24, 2.45) is 0 Å². The standard InChI is InChI=1S/C20H16FN3O3S2/c1-12-10-13(19-23-17-4-3-9-22-20(17)28-19)5-7-16(12)24-29(25,26)14-6-8-18(27-2)15(21)11-14/h3-11,24H,1-2H3. The summed E-state index contributed by atoms with van der Waals surface area (Å²) >= 11 is 1.47. The number of nitrogens with zero attached hydrogens (tertiary/aromatic N) is 2. The molecule has 1 N–H and O–H groups in total. The Morgan fingerprint density at radius 1 is 1.14 bits per heavy atom. The molecule has 0 saturated heterocycles. The Bertz CT molecular complexity index is 1290. The average Bonchev–Trinajstić information content (AvgIpc) is 3.13. The van der Waals surface area contributed by atoms with Crippen molar-refractivity contribution in [3.63, 3.8) is 0 Å². The Morgan fingerprint density at radius 2 is 1.97 bits per heavy atom. The molecule has 29 heavy (non-hydrogen) atoms. The zero-order valence-electron chi connectivity index (χ0n) is 15.5. The number of anilines is 1. The molecule has 0 saturated carbocycles. The summed E-state index contributed by atoms with van der Waals surface area (Å²) in [6, 6.07) is 12.5. The summed E-state index contributed by atoms with van der Waals surface area (Å²) in [6.45, 7) is 1.79. The maximum absolute atomic E-state index is 13.9. The molecule has 0 atom stereocenters. The van der Waals surface area contributed by atoms with Crippen LogP contribution in [0, 0.1) is 12.7 Å². The van der Waals surface area contributed by atoms with E-state index in [1.807, 2.05) is 18.2 Å². The van der Waals surface area contributed by atoms with Crippen LogP contribution in [0.25, 0.3) is 20.9 Å². The highest BCUT2D eigenvalue weighted by Crippen LogP contribution is 2.32. The number of rotatable bonds is 5. The molecule has 0 aliphatic rings. The summed E-state index contributed by atoms with van der Waals surface area (Å²) in [5, 5.41) is 0.799. The van der Waals surface area contributed by atoms with Crippen molar-refractivity contribution in [1.29, 1.82) is 0 Å². The SMILES string of the molecule is COc1ccc(S(=O)(=O)Nc2ccc(-c3nc4cccnc4s3)cc2C)cc1F. The van der Waals surface area contributed by atoms with Crippen molar-refractivity contribution in [1.82, 2.24) is 9.97 Å². The average molecular weight is 429 g/mol. The van der Waals surface area contributed by atoms with Crippen molar-refractivity contribution in [2.75, 3.05) is 11.8 Å². The number of aryl methyl sites for hydroxylation is 1. The van der Waals surface area contributed by atoms with Gasteiger partial charge in [0.2, 0.25) is 0 Å². The van der Waals surface area contributed by atoms with Crippen LogP contribution in [0.3, 0.4) is 0 Å². The van der Waals surface area contributed by atoms with Crippen LogP contribution < -0.4 is 9.46 Å². The van der Waals surface area contributed by atoms with E-state index in [1.165, 1.54) is 30.6 Å². The van der Waals surface area contributed by atoms with Gasteiger partial charge in [-0.25, -0.2) is 22.8 Å². The van der Waals surface area contributed by atoms with E-state index in [2.05, 4.69) is 14.7 Å². The summed E-state index contributed by atoms with van der Waals surface area (Å²) in [6.07, 6.45) is 1.72. The van der Waals surface area contributed by atoms with E-state index >= 15 is 0 Å². The van der Waals surface area contributed by atoms with E-state index in [0.717, 1.165) is 27.0 Å². The third kappa shape index (κ3) is 3.79. The van der Waals surface area contributed by atoms with Crippen LogP contribution >= 0.6 is 11.3 Å². The van der Waals surface area contributed by atoms with E-state index in [-0.39, 0.29) is 10.6 Å². The normalized spacial score (nSPS) is 11.6. The van der Waals surface area contributed by atoms with Gasteiger partial charge in [-0.3, -0.25) is 4.72 Å². The van der Waals surface area contributed by atoms with Gasteiger partial charge in [-0.05, 0) is 61.0 Å². The van der Waals surface area contributed by atoms with Crippen molar-refractivity contribution >= 4 is 37.4 Å². The quantitative estimate of drug-likeness (QED) is 0.501. The van der Waals surface area contributed by atoms with E-state index < -0.39 is 15.8 Å². The molecule has 6 nitrogen and oxygen atoms in total. The maximum atomic E-state index is 13.9. The van der Waals surface area contributed by atoms with Gasteiger partial charge in [0.15, 0.2) is 11.6 Å². The van der Waals surface area contributed by atoms with Gasteiger partial charge in [0.1, 0.15) is 15.4 Å². The lowest BCUT2D eigenvalue weighted by Crippen LogP contribution is -2.14.